The fourth-order valence-corrected chi connectivity index (χ4v) is 3.99. The molecule has 0 spiro atoms. The highest BCUT2D eigenvalue weighted by atomic mass is 35.5. The van der Waals surface area contributed by atoms with Gasteiger partial charge >= 0.3 is 0 Å². The molecule has 4 rings (SSSR count). The van der Waals surface area contributed by atoms with E-state index in [0.717, 1.165) is 18.7 Å². The van der Waals surface area contributed by atoms with Crippen LogP contribution in [0.15, 0.2) is 30.5 Å². The van der Waals surface area contributed by atoms with Crippen molar-refractivity contribution in [2.75, 3.05) is 49.6 Å². The van der Waals surface area contributed by atoms with Gasteiger partial charge in [-0.15, -0.1) is 0 Å². The Morgan fingerprint density at radius 1 is 1.17 bits per heavy atom. The Labute approximate surface area is 178 Å². The van der Waals surface area contributed by atoms with Crippen LogP contribution in [0.3, 0.4) is 0 Å². The van der Waals surface area contributed by atoms with Crippen molar-refractivity contribution in [1.82, 2.24) is 9.88 Å². The number of ether oxygens (including phenoxy) is 1. The first-order valence-electron chi connectivity index (χ1n) is 9.50. The van der Waals surface area contributed by atoms with E-state index in [-0.39, 0.29) is 17.0 Å². The van der Waals surface area contributed by atoms with Crippen molar-refractivity contribution >= 4 is 40.6 Å². The number of nitrogens with zero attached hydrogens (tertiary/aromatic N) is 3. The molecule has 0 aliphatic carbocycles. The number of hydrogen-bond donors (Lipinski definition) is 1. The van der Waals surface area contributed by atoms with E-state index in [1.165, 1.54) is 6.07 Å². The van der Waals surface area contributed by atoms with Gasteiger partial charge in [-0.2, -0.15) is 0 Å². The second-order valence-corrected chi connectivity index (χ2v) is 7.95. The highest BCUT2D eigenvalue weighted by Crippen LogP contribution is 2.28. The molecule has 9 heteroatoms. The topological polar surface area (TPSA) is 57.7 Å². The lowest BCUT2D eigenvalue weighted by atomic mass is 10.2. The third-order valence-electron chi connectivity index (χ3n) is 5.18. The van der Waals surface area contributed by atoms with Crippen molar-refractivity contribution < 1.29 is 13.9 Å². The maximum absolute atomic E-state index is 13.4. The number of benzene rings is 1. The normalized spacial score (nSPS) is 19.5. The number of pyridine rings is 1. The predicted octanol–water partition coefficient (Wildman–Crippen LogP) is 3.69. The SMILES string of the molecule is O=C(c1cnc(NC2CCN(c3ccc(F)c(Cl)c3)C2)c(Cl)c1)N1CCOCC1. The van der Waals surface area contributed by atoms with Gasteiger partial charge in [-0.1, -0.05) is 23.2 Å². The van der Waals surface area contributed by atoms with E-state index in [1.807, 2.05) is 0 Å². The Morgan fingerprint density at radius 2 is 1.97 bits per heavy atom. The summed E-state index contributed by atoms with van der Waals surface area (Å²) in [6.07, 6.45) is 2.43. The van der Waals surface area contributed by atoms with Crippen LogP contribution in [-0.2, 0) is 4.74 Å². The van der Waals surface area contributed by atoms with Gasteiger partial charge in [0.2, 0.25) is 0 Å². The van der Waals surface area contributed by atoms with Crippen molar-refractivity contribution in [3.05, 3.63) is 51.9 Å². The van der Waals surface area contributed by atoms with Gasteiger partial charge in [-0.05, 0) is 30.7 Å². The van der Waals surface area contributed by atoms with Crippen LogP contribution in [0.1, 0.15) is 16.8 Å². The van der Waals surface area contributed by atoms with Gasteiger partial charge in [-0.25, -0.2) is 9.37 Å². The second kappa shape index (κ2) is 8.73. The largest absolute Gasteiger partial charge is 0.378 e. The highest BCUT2D eigenvalue weighted by Gasteiger charge is 2.25. The Kier molecular flexibility index (Phi) is 6.08. The molecule has 1 N–H and O–H groups in total. The van der Waals surface area contributed by atoms with Crippen LogP contribution >= 0.6 is 23.2 Å². The minimum Gasteiger partial charge on any atom is -0.378 e. The summed E-state index contributed by atoms with van der Waals surface area (Å²) in [5.41, 5.74) is 1.35. The van der Waals surface area contributed by atoms with Gasteiger partial charge in [0, 0.05) is 44.1 Å². The summed E-state index contributed by atoms with van der Waals surface area (Å²) in [4.78, 5) is 20.8. The molecule has 154 valence electrons. The molecular formula is C20H21Cl2FN4O2. The Balaban J connectivity index is 1.39. The lowest BCUT2D eigenvalue weighted by Gasteiger charge is -2.27. The quantitative estimate of drug-likeness (QED) is 0.788. The Morgan fingerprint density at radius 3 is 2.69 bits per heavy atom. The zero-order valence-corrected chi connectivity index (χ0v) is 17.2. The number of carbonyl (C=O) groups is 1. The molecule has 2 saturated heterocycles. The van der Waals surface area contributed by atoms with Crippen LogP contribution in [0.2, 0.25) is 10.0 Å². The van der Waals surface area contributed by atoms with Crippen molar-refractivity contribution in [3.8, 4) is 0 Å². The molecule has 1 aromatic heterocycles. The molecule has 1 amide bonds. The summed E-state index contributed by atoms with van der Waals surface area (Å²) in [6, 6.07) is 6.52. The van der Waals surface area contributed by atoms with Crippen LogP contribution < -0.4 is 10.2 Å². The third kappa shape index (κ3) is 4.57. The molecule has 29 heavy (non-hydrogen) atoms. The van der Waals surface area contributed by atoms with Crippen molar-refractivity contribution in [1.29, 1.82) is 0 Å². The number of nitrogens with one attached hydrogen (secondary N) is 1. The number of hydrogen-bond acceptors (Lipinski definition) is 5. The van der Waals surface area contributed by atoms with Gasteiger partial charge < -0.3 is 19.9 Å². The smallest absolute Gasteiger partial charge is 0.255 e. The van der Waals surface area contributed by atoms with E-state index >= 15 is 0 Å². The lowest BCUT2D eigenvalue weighted by Crippen LogP contribution is -2.40. The van der Waals surface area contributed by atoms with Gasteiger partial charge in [0.05, 0.1) is 28.8 Å². The molecule has 0 saturated carbocycles. The number of carbonyl (C=O) groups excluding carboxylic acids is 1. The fourth-order valence-electron chi connectivity index (χ4n) is 3.60. The van der Waals surface area contributed by atoms with Crippen LogP contribution in [0.5, 0.6) is 0 Å². The predicted molar refractivity (Wildman–Crippen MR) is 112 cm³/mol. The molecule has 0 radical (unpaired) electrons. The summed E-state index contributed by atoms with van der Waals surface area (Å²) >= 11 is 12.3. The van der Waals surface area contributed by atoms with Gasteiger partial charge in [-0.3, -0.25) is 4.79 Å². The zero-order chi connectivity index (χ0) is 20.4. The average molecular weight is 439 g/mol. The van der Waals surface area contributed by atoms with Crippen LogP contribution in [0, 0.1) is 5.82 Å². The average Bonchev–Trinajstić information content (AvgIpc) is 3.20. The highest BCUT2D eigenvalue weighted by molar-refractivity contribution is 6.33. The minimum absolute atomic E-state index is 0.0884. The van der Waals surface area contributed by atoms with E-state index < -0.39 is 5.82 Å². The first-order valence-corrected chi connectivity index (χ1v) is 10.3. The van der Waals surface area contributed by atoms with Crippen LogP contribution in [0.4, 0.5) is 15.9 Å². The summed E-state index contributed by atoms with van der Waals surface area (Å²) < 4.78 is 18.7. The molecule has 3 heterocycles. The van der Waals surface area contributed by atoms with Gasteiger partial charge in [0.1, 0.15) is 11.6 Å². The first-order chi connectivity index (χ1) is 14.0. The second-order valence-electron chi connectivity index (χ2n) is 7.13. The summed E-state index contributed by atoms with van der Waals surface area (Å²) in [5.74, 6) is 0.0376. The summed E-state index contributed by atoms with van der Waals surface area (Å²) in [6.45, 7) is 3.76. The van der Waals surface area contributed by atoms with Crippen LogP contribution in [0.25, 0.3) is 0 Å². The van der Waals surface area contributed by atoms with Gasteiger partial charge in [0.25, 0.3) is 5.91 Å². The molecular weight excluding hydrogens is 418 g/mol. The molecule has 2 aromatic rings. The number of aromatic nitrogens is 1. The minimum atomic E-state index is -0.424. The number of morpholine rings is 1. The maximum Gasteiger partial charge on any atom is 0.255 e. The van der Waals surface area contributed by atoms with Crippen molar-refractivity contribution in [3.63, 3.8) is 0 Å². The molecule has 1 aromatic carbocycles. The molecule has 6 nitrogen and oxygen atoms in total. The fraction of sp³-hybridized carbons (Fsp3) is 0.400. The molecule has 2 aliphatic heterocycles. The van der Waals surface area contributed by atoms with E-state index in [2.05, 4.69) is 15.2 Å². The molecule has 1 atom stereocenters. The van der Waals surface area contributed by atoms with E-state index in [9.17, 15) is 9.18 Å². The lowest BCUT2D eigenvalue weighted by molar-refractivity contribution is 0.0302. The van der Waals surface area contributed by atoms with E-state index in [1.54, 1.807) is 29.3 Å². The Bertz CT molecular complexity index is 908. The monoisotopic (exact) mass is 438 g/mol. The van der Waals surface area contributed by atoms with Gasteiger partial charge in [0.15, 0.2) is 0 Å². The standard InChI is InChI=1S/C20H21Cl2FN4O2/c21-16-10-15(1-2-18(16)23)27-4-3-14(12-27)25-19-17(22)9-13(11-24-19)20(28)26-5-7-29-8-6-26/h1-2,9-11,14H,3-8,12H2,(H,24,25). The maximum atomic E-state index is 13.4. The van der Waals surface area contributed by atoms with Crippen LogP contribution in [-0.4, -0.2) is 61.2 Å². The molecule has 0 bridgehead atoms. The number of halogens is 3. The molecule has 2 aliphatic rings. The molecule has 2 fully saturated rings. The zero-order valence-electron chi connectivity index (χ0n) is 15.7. The van der Waals surface area contributed by atoms with Crippen molar-refractivity contribution in [2.45, 2.75) is 12.5 Å². The third-order valence-corrected chi connectivity index (χ3v) is 5.76. The Hall–Kier alpha value is -2.09. The number of anilines is 2. The van der Waals surface area contributed by atoms with E-state index in [0.29, 0.717) is 49.3 Å². The van der Waals surface area contributed by atoms with E-state index in [4.69, 9.17) is 27.9 Å². The first kappa shape index (κ1) is 20.2. The number of rotatable bonds is 4. The van der Waals surface area contributed by atoms with Crippen molar-refractivity contribution in [2.24, 2.45) is 0 Å². The summed E-state index contributed by atoms with van der Waals surface area (Å²) in [7, 11) is 0. The molecule has 1 unspecified atom stereocenters. The summed E-state index contributed by atoms with van der Waals surface area (Å²) in [5, 5.41) is 3.87. The number of amides is 1.